The first-order valence-electron chi connectivity index (χ1n) is 17.2. The molecule has 6 nitrogen and oxygen atoms in total. The average molecular weight is 589 g/mol. The Kier molecular flexibility index (Phi) is 10.0. The minimum Gasteiger partial charge on any atom is -0.394 e. The van der Waals surface area contributed by atoms with Crippen molar-refractivity contribution in [1.29, 1.82) is 0 Å². The zero-order valence-corrected chi connectivity index (χ0v) is 27.0. The molecule has 1 heterocycles. The van der Waals surface area contributed by atoms with Crippen molar-refractivity contribution in [3.8, 4) is 0 Å². The van der Waals surface area contributed by atoms with Gasteiger partial charge in [0.25, 0.3) is 0 Å². The Hall–Kier alpha value is -0.760. The largest absolute Gasteiger partial charge is 0.394 e. The van der Waals surface area contributed by atoms with Crippen LogP contribution < -0.4 is 0 Å². The Labute approximate surface area is 255 Å². The van der Waals surface area contributed by atoms with Crippen LogP contribution in [0.3, 0.4) is 0 Å². The van der Waals surface area contributed by atoms with Gasteiger partial charge in [-0.1, -0.05) is 57.9 Å². The fraction of sp³-hybridized carbons (Fsp3) is 0.889. The third-order valence-corrected chi connectivity index (χ3v) is 13.4. The van der Waals surface area contributed by atoms with E-state index in [1.54, 1.807) is 0 Å². The summed E-state index contributed by atoms with van der Waals surface area (Å²) in [6.45, 7) is 16.1. The summed E-state index contributed by atoms with van der Waals surface area (Å²) in [4.78, 5) is 0. The first-order valence-corrected chi connectivity index (χ1v) is 17.2. The standard InChI is InChI=1S/C36H60O6/c1-7-23(21(2)3)12-11-22(4)27-9-8-10-28-26-14-13-24-19-25(15-17-35(24,5)29(26)16-18-36(27,28)6)41-34-33(40)32(39)31(38)30(20-37)42-34/h13,22-23,25-34,37-40H,2,7-12,14-20H2,1,3-6H3/t22?,23?,25?,26?,27?,28?,29?,30-,31+,32+,33-,34+,35?,36?/m1/s1. The van der Waals surface area contributed by atoms with E-state index < -0.39 is 37.3 Å². The first-order chi connectivity index (χ1) is 19.9. The van der Waals surface area contributed by atoms with Gasteiger partial charge in [0, 0.05) is 0 Å². The van der Waals surface area contributed by atoms with Gasteiger partial charge < -0.3 is 29.9 Å². The van der Waals surface area contributed by atoms with E-state index in [0.717, 1.165) is 49.4 Å². The summed E-state index contributed by atoms with van der Waals surface area (Å²) in [7, 11) is 0. The van der Waals surface area contributed by atoms with Crippen molar-refractivity contribution in [2.24, 2.45) is 46.3 Å². The highest BCUT2D eigenvalue weighted by Gasteiger charge is 2.58. The van der Waals surface area contributed by atoms with Crippen LogP contribution in [-0.4, -0.2) is 63.8 Å². The van der Waals surface area contributed by atoms with Crippen molar-refractivity contribution in [2.45, 2.75) is 148 Å². The lowest BCUT2D eigenvalue weighted by Gasteiger charge is -2.62. The van der Waals surface area contributed by atoms with Gasteiger partial charge >= 0.3 is 0 Å². The number of aliphatic hydroxyl groups excluding tert-OH is 4. The lowest BCUT2D eigenvalue weighted by atomic mass is 9.42. The van der Waals surface area contributed by atoms with Crippen molar-refractivity contribution in [3.63, 3.8) is 0 Å². The fourth-order valence-electron chi connectivity index (χ4n) is 10.8. The summed E-state index contributed by atoms with van der Waals surface area (Å²) in [6, 6.07) is 0. The molecule has 4 aliphatic carbocycles. The molecule has 0 radical (unpaired) electrons. The molecule has 3 saturated carbocycles. The van der Waals surface area contributed by atoms with Crippen LogP contribution in [0.1, 0.15) is 112 Å². The van der Waals surface area contributed by atoms with Gasteiger partial charge in [0.1, 0.15) is 24.4 Å². The quantitative estimate of drug-likeness (QED) is 0.241. The maximum Gasteiger partial charge on any atom is 0.186 e. The number of rotatable bonds is 9. The molecular weight excluding hydrogens is 528 g/mol. The van der Waals surface area contributed by atoms with Crippen molar-refractivity contribution < 1.29 is 29.9 Å². The van der Waals surface area contributed by atoms with Crippen molar-refractivity contribution in [2.75, 3.05) is 6.61 Å². The molecule has 5 rings (SSSR count). The van der Waals surface area contributed by atoms with Crippen molar-refractivity contribution in [1.82, 2.24) is 0 Å². The van der Waals surface area contributed by atoms with Crippen LogP contribution in [0.15, 0.2) is 23.8 Å². The van der Waals surface area contributed by atoms with Gasteiger partial charge in [-0.15, -0.1) is 0 Å². The van der Waals surface area contributed by atoms with Crippen LogP contribution in [-0.2, 0) is 9.47 Å². The molecule has 4 fully saturated rings. The number of ether oxygens (including phenoxy) is 2. The van der Waals surface area contributed by atoms with E-state index in [1.807, 2.05) is 0 Å². The Bertz CT molecular complexity index is 978. The summed E-state index contributed by atoms with van der Waals surface area (Å²) >= 11 is 0. The summed E-state index contributed by atoms with van der Waals surface area (Å²) in [5.41, 5.74) is 3.48. The molecule has 5 aliphatic rings. The molecule has 1 saturated heterocycles. The molecule has 240 valence electrons. The minimum atomic E-state index is -1.40. The van der Waals surface area contributed by atoms with E-state index in [1.165, 1.54) is 62.5 Å². The highest BCUT2D eigenvalue weighted by molar-refractivity contribution is 5.25. The second-order valence-electron chi connectivity index (χ2n) is 15.5. The minimum absolute atomic E-state index is 0.109. The smallest absolute Gasteiger partial charge is 0.186 e. The molecule has 9 unspecified atom stereocenters. The Morgan fingerprint density at radius 3 is 2.50 bits per heavy atom. The van der Waals surface area contributed by atoms with E-state index >= 15 is 0 Å². The molecule has 6 heteroatoms. The molecule has 0 spiro atoms. The van der Waals surface area contributed by atoms with Crippen LogP contribution in [0, 0.1) is 46.3 Å². The Morgan fingerprint density at radius 2 is 1.81 bits per heavy atom. The van der Waals surface area contributed by atoms with E-state index in [4.69, 9.17) is 9.47 Å². The van der Waals surface area contributed by atoms with Gasteiger partial charge in [-0.2, -0.15) is 0 Å². The topological polar surface area (TPSA) is 99.4 Å². The zero-order chi connectivity index (χ0) is 30.4. The van der Waals surface area contributed by atoms with Crippen LogP contribution in [0.4, 0.5) is 0 Å². The van der Waals surface area contributed by atoms with Crippen molar-refractivity contribution in [3.05, 3.63) is 23.8 Å². The summed E-state index contributed by atoms with van der Waals surface area (Å²) in [5.74, 6) is 4.53. The second-order valence-corrected chi connectivity index (χ2v) is 15.5. The lowest BCUT2D eigenvalue weighted by Crippen LogP contribution is -2.60. The Morgan fingerprint density at radius 1 is 1.05 bits per heavy atom. The monoisotopic (exact) mass is 588 g/mol. The van der Waals surface area contributed by atoms with E-state index in [-0.39, 0.29) is 11.5 Å². The highest BCUT2D eigenvalue weighted by atomic mass is 16.7. The van der Waals surface area contributed by atoms with E-state index in [9.17, 15) is 20.4 Å². The molecule has 1 aliphatic heterocycles. The van der Waals surface area contributed by atoms with Crippen LogP contribution in [0.5, 0.6) is 0 Å². The van der Waals surface area contributed by atoms with Crippen LogP contribution in [0.2, 0.25) is 0 Å². The summed E-state index contributed by atoms with van der Waals surface area (Å²) in [5, 5.41) is 40.5. The molecule has 0 bridgehead atoms. The SMILES string of the molecule is C=C(C)C(CC)CCC(C)C1CCCC2C3CC=C4CC(O[C@H]5O[C@H](CO)[C@H](O)[C@H](O)[C@H]5O)CCC4(C)C3CCC12C. The normalized spacial score (nSPS) is 46.9. The van der Waals surface area contributed by atoms with E-state index in [2.05, 4.69) is 47.3 Å². The molecule has 0 aromatic heterocycles. The molecular formula is C36H60O6. The first kappa shape index (κ1) is 32.6. The third-order valence-electron chi connectivity index (χ3n) is 13.4. The maximum atomic E-state index is 10.5. The van der Waals surface area contributed by atoms with Gasteiger partial charge in [-0.05, 0) is 124 Å². The molecule has 14 atom stereocenters. The van der Waals surface area contributed by atoms with E-state index in [0.29, 0.717) is 17.3 Å². The number of aliphatic hydroxyl groups is 4. The lowest BCUT2D eigenvalue weighted by molar-refractivity contribution is -0.313. The number of hydrogen-bond acceptors (Lipinski definition) is 6. The van der Waals surface area contributed by atoms with Gasteiger partial charge in [-0.25, -0.2) is 0 Å². The molecule has 0 aromatic carbocycles. The Balaban J connectivity index is 1.26. The molecule has 42 heavy (non-hydrogen) atoms. The third kappa shape index (κ3) is 5.83. The molecule has 0 aromatic rings. The fourth-order valence-corrected chi connectivity index (χ4v) is 10.8. The van der Waals surface area contributed by atoms with Gasteiger partial charge in [0.2, 0.25) is 0 Å². The molecule has 4 N–H and O–H groups in total. The average Bonchev–Trinajstić information content (AvgIpc) is 2.96. The molecule has 0 amide bonds. The van der Waals surface area contributed by atoms with Crippen LogP contribution in [0.25, 0.3) is 0 Å². The van der Waals surface area contributed by atoms with Crippen LogP contribution >= 0.6 is 0 Å². The number of hydrogen-bond donors (Lipinski definition) is 4. The van der Waals surface area contributed by atoms with Gasteiger partial charge in [-0.3, -0.25) is 0 Å². The van der Waals surface area contributed by atoms with Crippen molar-refractivity contribution >= 4 is 0 Å². The predicted octanol–water partition coefficient (Wildman–Crippen LogP) is 6.16. The van der Waals surface area contributed by atoms with Gasteiger partial charge in [0.15, 0.2) is 6.29 Å². The second kappa shape index (κ2) is 12.9. The predicted molar refractivity (Wildman–Crippen MR) is 165 cm³/mol. The number of fused-ring (bicyclic) bond motifs is 5. The maximum absolute atomic E-state index is 10.5. The zero-order valence-electron chi connectivity index (χ0n) is 27.0. The highest BCUT2D eigenvalue weighted by Crippen LogP contribution is 2.66. The summed E-state index contributed by atoms with van der Waals surface area (Å²) < 4.78 is 11.9. The number of allylic oxidation sites excluding steroid dienone is 2. The van der Waals surface area contributed by atoms with Gasteiger partial charge in [0.05, 0.1) is 12.7 Å². The summed E-state index contributed by atoms with van der Waals surface area (Å²) in [6.07, 6.45) is 10.9.